The van der Waals surface area contributed by atoms with Crippen LogP contribution < -0.4 is 5.73 Å². The monoisotopic (exact) mass is 239 g/mol. The number of hydrogen-bond acceptors (Lipinski definition) is 1. The molecule has 1 heteroatoms. The molecule has 0 aliphatic rings. The van der Waals surface area contributed by atoms with Crippen LogP contribution in [0.2, 0.25) is 0 Å². The van der Waals surface area contributed by atoms with Crippen LogP contribution in [-0.2, 0) is 6.42 Å². The van der Waals surface area contributed by atoms with E-state index in [0.29, 0.717) is 12.5 Å². The zero-order chi connectivity index (χ0) is 13.0. The zero-order valence-corrected chi connectivity index (χ0v) is 11.2. The second-order valence-corrected chi connectivity index (χ2v) is 4.94. The van der Waals surface area contributed by atoms with Gasteiger partial charge in [-0.1, -0.05) is 62.4 Å². The Morgan fingerprint density at radius 3 is 2.17 bits per heavy atom. The van der Waals surface area contributed by atoms with Crippen LogP contribution in [-0.4, -0.2) is 6.54 Å². The molecule has 0 aromatic heterocycles. The number of rotatable bonds is 4. The molecule has 0 heterocycles. The van der Waals surface area contributed by atoms with Gasteiger partial charge in [0.15, 0.2) is 0 Å². The quantitative estimate of drug-likeness (QED) is 0.858. The van der Waals surface area contributed by atoms with Gasteiger partial charge in [0.1, 0.15) is 0 Å². The molecule has 0 unspecified atom stereocenters. The van der Waals surface area contributed by atoms with Crippen LogP contribution in [0, 0.1) is 0 Å². The van der Waals surface area contributed by atoms with Gasteiger partial charge in [0.05, 0.1) is 0 Å². The highest BCUT2D eigenvalue weighted by Gasteiger charge is 2.10. The lowest BCUT2D eigenvalue weighted by atomic mass is 9.89. The molecule has 0 saturated carbocycles. The van der Waals surface area contributed by atoms with Crippen molar-refractivity contribution < 1.29 is 0 Å². The number of hydrogen-bond donors (Lipinski definition) is 1. The van der Waals surface area contributed by atoms with Crippen molar-refractivity contribution >= 4 is 0 Å². The van der Waals surface area contributed by atoms with Crippen molar-refractivity contribution in [1.29, 1.82) is 0 Å². The Bertz CT molecular complexity index is 515. The maximum Gasteiger partial charge on any atom is -0.00365 e. The summed E-state index contributed by atoms with van der Waals surface area (Å²) >= 11 is 0. The van der Waals surface area contributed by atoms with Crippen LogP contribution in [0.25, 0.3) is 11.1 Å². The van der Waals surface area contributed by atoms with E-state index in [0.717, 1.165) is 6.42 Å². The highest BCUT2D eigenvalue weighted by molar-refractivity contribution is 5.71. The molecule has 0 spiro atoms. The van der Waals surface area contributed by atoms with Crippen LogP contribution in [0.15, 0.2) is 48.5 Å². The molecule has 0 atom stereocenters. The zero-order valence-electron chi connectivity index (χ0n) is 11.2. The van der Waals surface area contributed by atoms with Crippen LogP contribution in [0.4, 0.5) is 0 Å². The summed E-state index contributed by atoms with van der Waals surface area (Å²) in [5.74, 6) is 0.534. The molecule has 94 valence electrons. The summed E-state index contributed by atoms with van der Waals surface area (Å²) in [7, 11) is 0. The lowest BCUT2D eigenvalue weighted by Gasteiger charge is -2.15. The molecule has 2 aromatic rings. The van der Waals surface area contributed by atoms with Crippen LogP contribution >= 0.6 is 0 Å². The summed E-state index contributed by atoms with van der Waals surface area (Å²) in [6.07, 6.45) is 0.933. The Balaban J connectivity index is 2.55. The molecular weight excluding hydrogens is 218 g/mol. The molecule has 2 aromatic carbocycles. The van der Waals surface area contributed by atoms with E-state index in [1.807, 2.05) is 0 Å². The van der Waals surface area contributed by atoms with E-state index in [-0.39, 0.29) is 0 Å². The Morgan fingerprint density at radius 1 is 0.889 bits per heavy atom. The Hall–Kier alpha value is -1.60. The average molecular weight is 239 g/mol. The fourth-order valence-corrected chi connectivity index (χ4v) is 2.40. The molecule has 0 fully saturated rings. The Kier molecular flexibility index (Phi) is 4.16. The molecule has 1 nitrogen and oxygen atoms in total. The molecule has 0 bridgehead atoms. The van der Waals surface area contributed by atoms with Crippen molar-refractivity contribution in [2.75, 3.05) is 6.54 Å². The van der Waals surface area contributed by atoms with Crippen molar-refractivity contribution in [2.24, 2.45) is 5.73 Å². The SMILES string of the molecule is CC(C)c1ccccc1-c1ccccc1CCN. The van der Waals surface area contributed by atoms with Crippen LogP contribution in [0.3, 0.4) is 0 Å². The van der Waals surface area contributed by atoms with Gasteiger partial charge >= 0.3 is 0 Å². The minimum atomic E-state index is 0.534. The van der Waals surface area contributed by atoms with Gasteiger partial charge in [0.2, 0.25) is 0 Å². The normalized spacial score (nSPS) is 10.9. The van der Waals surface area contributed by atoms with E-state index in [2.05, 4.69) is 62.4 Å². The van der Waals surface area contributed by atoms with Gasteiger partial charge in [-0.2, -0.15) is 0 Å². The molecular formula is C17H21N. The van der Waals surface area contributed by atoms with Gasteiger partial charge in [-0.15, -0.1) is 0 Å². The van der Waals surface area contributed by atoms with Gasteiger partial charge < -0.3 is 5.73 Å². The maximum absolute atomic E-state index is 5.71. The van der Waals surface area contributed by atoms with E-state index in [1.54, 1.807) is 0 Å². The summed E-state index contributed by atoms with van der Waals surface area (Å²) < 4.78 is 0. The van der Waals surface area contributed by atoms with Crippen molar-refractivity contribution in [2.45, 2.75) is 26.2 Å². The largest absolute Gasteiger partial charge is 0.330 e. The van der Waals surface area contributed by atoms with Gasteiger partial charge in [0.25, 0.3) is 0 Å². The molecule has 2 N–H and O–H groups in total. The second-order valence-electron chi connectivity index (χ2n) is 4.94. The topological polar surface area (TPSA) is 26.0 Å². The minimum absolute atomic E-state index is 0.534. The Morgan fingerprint density at radius 2 is 1.50 bits per heavy atom. The summed E-state index contributed by atoms with van der Waals surface area (Å²) in [5.41, 5.74) is 11.1. The van der Waals surface area contributed by atoms with Gasteiger partial charge in [0, 0.05) is 0 Å². The third-order valence-electron chi connectivity index (χ3n) is 3.30. The molecule has 0 radical (unpaired) electrons. The third-order valence-corrected chi connectivity index (χ3v) is 3.30. The average Bonchev–Trinajstić information content (AvgIpc) is 2.40. The van der Waals surface area contributed by atoms with Gasteiger partial charge in [-0.25, -0.2) is 0 Å². The molecule has 0 amide bonds. The highest BCUT2D eigenvalue weighted by atomic mass is 14.5. The fraction of sp³-hybridized carbons (Fsp3) is 0.294. The van der Waals surface area contributed by atoms with E-state index < -0.39 is 0 Å². The van der Waals surface area contributed by atoms with E-state index in [1.165, 1.54) is 22.3 Å². The number of benzene rings is 2. The molecule has 0 aliphatic carbocycles. The van der Waals surface area contributed by atoms with Crippen molar-refractivity contribution in [3.8, 4) is 11.1 Å². The first kappa shape index (κ1) is 12.8. The van der Waals surface area contributed by atoms with Crippen molar-refractivity contribution in [1.82, 2.24) is 0 Å². The molecule has 0 saturated heterocycles. The second kappa shape index (κ2) is 5.83. The number of nitrogens with two attached hydrogens (primary N) is 1. The first-order valence-corrected chi connectivity index (χ1v) is 6.61. The minimum Gasteiger partial charge on any atom is -0.330 e. The predicted molar refractivity (Wildman–Crippen MR) is 78.7 cm³/mol. The van der Waals surface area contributed by atoms with Crippen LogP contribution in [0.1, 0.15) is 30.9 Å². The lowest BCUT2D eigenvalue weighted by Crippen LogP contribution is -2.04. The maximum atomic E-state index is 5.71. The lowest BCUT2D eigenvalue weighted by molar-refractivity contribution is 0.868. The van der Waals surface area contributed by atoms with Gasteiger partial charge in [-0.05, 0) is 41.1 Å². The molecule has 18 heavy (non-hydrogen) atoms. The summed E-state index contributed by atoms with van der Waals surface area (Å²) in [6, 6.07) is 17.2. The highest BCUT2D eigenvalue weighted by Crippen LogP contribution is 2.31. The summed E-state index contributed by atoms with van der Waals surface area (Å²) in [5, 5.41) is 0. The van der Waals surface area contributed by atoms with Gasteiger partial charge in [-0.3, -0.25) is 0 Å². The molecule has 0 aliphatic heterocycles. The van der Waals surface area contributed by atoms with E-state index in [4.69, 9.17) is 5.73 Å². The predicted octanol–water partition coefficient (Wildman–Crippen LogP) is 3.98. The fourth-order valence-electron chi connectivity index (χ4n) is 2.40. The summed E-state index contributed by atoms with van der Waals surface area (Å²) in [4.78, 5) is 0. The smallest absolute Gasteiger partial charge is 0.00365 e. The molecule has 2 rings (SSSR count). The van der Waals surface area contributed by atoms with E-state index >= 15 is 0 Å². The first-order chi connectivity index (χ1) is 8.74. The first-order valence-electron chi connectivity index (χ1n) is 6.61. The Labute approximate surface area is 110 Å². The van der Waals surface area contributed by atoms with Crippen molar-refractivity contribution in [3.63, 3.8) is 0 Å². The van der Waals surface area contributed by atoms with Crippen molar-refractivity contribution in [3.05, 3.63) is 59.7 Å². The standard InChI is InChI=1S/C17H21N/c1-13(2)15-8-5-6-10-17(15)16-9-4-3-7-14(16)11-12-18/h3-10,13H,11-12,18H2,1-2H3. The van der Waals surface area contributed by atoms with Crippen LogP contribution in [0.5, 0.6) is 0 Å². The summed E-state index contributed by atoms with van der Waals surface area (Å²) in [6.45, 7) is 5.18. The van der Waals surface area contributed by atoms with E-state index in [9.17, 15) is 0 Å². The third kappa shape index (κ3) is 2.62.